The van der Waals surface area contributed by atoms with Gasteiger partial charge in [-0.15, -0.1) is 0 Å². The average Bonchev–Trinajstić information content (AvgIpc) is 2.59. The van der Waals surface area contributed by atoms with Gasteiger partial charge in [0.1, 0.15) is 0 Å². The number of methoxy groups -OCH3 is 1. The van der Waals surface area contributed by atoms with Crippen molar-refractivity contribution in [2.75, 3.05) is 26.8 Å². The molecule has 2 N–H and O–H groups in total. The zero-order valence-electron chi connectivity index (χ0n) is 11.5. The summed E-state index contributed by atoms with van der Waals surface area (Å²) in [6.45, 7) is 2.76. The Kier molecular flexibility index (Phi) is 5.64. The molecule has 0 aliphatic carbocycles. The normalized spacial score (nSPS) is 25.2. The Morgan fingerprint density at radius 3 is 2.74 bits per heavy atom. The van der Waals surface area contributed by atoms with Gasteiger partial charge in [0, 0.05) is 30.8 Å². The highest BCUT2D eigenvalue weighted by atomic mass is 35.5. The lowest BCUT2D eigenvalue weighted by Gasteiger charge is -2.33. The third kappa shape index (κ3) is 3.93. The second-order valence-corrected chi connectivity index (χ2v) is 5.62. The van der Waals surface area contributed by atoms with Crippen LogP contribution in [0.15, 0.2) is 24.3 Å². The molecule has 1 aliphatic rings. The Balaban J connectivity index is 2.20. The fourth-order valence-electron chi connectivity index (χ4n) is 2.84. The van der Waals surface area contributed by atoms with Crippen molar-refractivity contribution >= 4 is 11.6 Å². The summed E-state index contributed by atoms with van der Waals surface area (Å²) in [6.07, 6.45) is 3.49. The van der Waals surface area contributed by atoms with E-state index < -0.39 is 0 Å². The van der Waals surface area contributed by atoms with E-state index in [0.29, 0.717) is 0 Å². The maximum atomic E-state index is 6.40. The third-order valence-corrected chi connectivity index (χ3v) is 4.08. The first-order valence-corrected chi connectivity index (χ1v) is 7.34. The van der Waals surface area contributed by atoms with E-state index in [0.717, 1.165) is 31.1 Å². The molecule has 1 aliphatic heterocycles. The van der Waals surface area contributed by atoms with E-state index in [1.165, 1.54) is 18.4 Å². The molecule has 2 atom stereocenters. The Morgan fingerprint density at radius 1 is 1.32 bits per heavy atom. The zero-order chi connectivity index (χ0) is 13.7. The molecule has 0 radical (unpaired) electrons. The number of ether oxygens (including phenoxy) is 1. The van der Waals surface area contributed by atoms with Gasteiger partial charge in [0.2, 0.25) is 0 Å². The lowest BCUT2D eigenvalue weighted by Crippen LogP contribution is -2.41. The summed E-state index contributed by atoms with van der Waals surface area (Å²) in [7, 11) is 1.75. The molecule has 0 saturated carbocycles. The van der Waals surface area contributed by atoms with Crippen LogP contribution in [0.2, 0.25) is 5.02 Å². The Hall–Kier alpha value is -0.610. The molecule has 1 fully saturated rings. The van der Waals surface area contributed by atoms with E-state index in [-0.39, 0.29) is 12.1 Å². The lowest BCUT2D eigenvalue weighted by atomic mass is 9.96. The fraction of sp³-hybridized carbons (Fsp3) is 0.600. The van der Waals surface area contributed by atoms with E-state index in [2.05, 4.69) is 17.0 Å². The summed E-state index contributed by atoms with van der Waals surface area (Å²) in [5, 5.41) is 0.773. The molecule has 0 amide bonds. The fourth-order valence-corrected chi connectivity index (χ4v) is 2.97. The molecule has 1 heterocycles. The van der Waals surface area contributed by atoms with E-state index in [4.69, 9.17) is 22.1 Å². The van der Waals surface area contributed by atoms with Crippen LogP contribution in [0.5, 0.6) is 0 Å². The molecule has 1 aromatic carbocycles. The summed E-state index contributed by atoms with van der Waals surface area (Å²) in [5.74, 6) is 0. The number of nitrogens with two attached hydrogens (primary N) is 1. The second-order valence-electron chi connectivity index (χ2n) is 5.18. The first-order chi connectivity index (χ1) is 9.22. The first kappa shape index (κ1) is 14.8. The molecular weight excluding hydrogens is 260 g/mol. The van der Waals surface area contributed by atoms with Crippen LogP contribution in [0.4, 0.5) is 0 Å². The number of rotatable bonds is 4. The van der Waals surface area contributed by atoms with Gasteiger partial charge >= 0.3 is 0 Å². The SMILES string of the molecule is COCCN1CCCCC(N)C1c1ccc(Cl)cc1. The van der Waals surface area contributed by atoms with Crippen LogP contribution in [-0.2, 0) is 4.74 Å². The van der Waals surface area contributed by atoms with Gasteiger partial charge < -0.3 is 10.5 Å². The highest BCUT2D eigenvalue weighted by molar-refractivity contribution is 6.30. The van der Waals surface area contributed by atoms with Crippen molar-refractivity contribution in [2.24, 2.45) is 5.73 Å². The van der Waals surface area contributed by atoms with Crippen LogP contribution in [0.1, 0.15) is 30.9 Å². The number of nitrogens with zero attached hydrogens (tertiary/aromatic N) is 1. The third-order valence-electron chi connectivity index (χ3n) is 3.83. The predicted octanol–water partition coefficient (Wildman–Crippen LogP) is 2.84. The molecular formula is C15H23ClN2O. The quantitative estimate of drug-likeness (QED) is 0.923. The number of hydrogen-bond acceptors (Lipinski definition) is 3. The summed E-state index contributed by atoms with van der Waals surface area (Å²) in [6, 6.07) is 8.54. The second kappa shape index (κ2) is 7.25. The minimum Gasteiger partial charge on any atom is -0.383 e. The summed E-state index contributed by atoms with van der Waals surface area (Å²) >= 11 is 5.97. The van der Waals surface area contributed by atoms with E-state index in [9.17, 15) is 0 Å². The number of benzene rings is 1. The molecule has 0 spiro atoms. The summed E-state index contributed by atoms with van der Waals surface area (Å²) < 4.78 is 5.22. The van der Waals surface area contributed by atoms with Crippen molar-refractivity contribution in [3.8, 4) is 0 Å². The summed E-state index contributed by atoms with van der Waals surface area (Å²) in [5.41, 5.74) is 7.65. The van der Waals surface area contributed by atoms with Gasteiger partial charge in [-0.05, 0) is 37.1 Å². The molecule has 2 rings (SSSR count). The molecule has 0 aromatic heterocycles. The van der Waals surface area contributed by atoms with Crippen LogP contribution in [0, 0.1) is 0 Å². The zero-order valence-corrected chi connectivity index (χ0v) is 12.3. The smallest absolute Gasteiger partial charge is 0.0589 e. The highest BCUT2D eigenvalue weighted by Gasteiger charge is 2.28. The van der Waals surface area contributed by atoms with Crippen molar-refractivity contribution in [3.05, 3.63) is 34.9 Å². The van der Waals surface area contributed by atoms with Gasteiger partial charge in [-0.3, -0.25) is 4.90 Å². The minimum absolute atomic E-state index is 0.181. The van der Waals surface area contributed by atoms with Gasteiger partial charge in [0.05, 0.1) is 6.61 Å². The monoisotopic (exact) mass is 282 g/mol. The van der Waals surface area contributed by atoms with Crippen molar-refractivity contribution in [3.63, 3.8) is 0 Å². The number of likely N-dealkylation sites (tertiary alicyclic amines) is 1. The molecule has 0 bridgehead atoms. The molecule has 4 heteroatoms. The highest BCUT2D eigenvalue weighted by Crippen LogP contribution is 2.29. The van der Waals surface area contributed by atoms with Gasteiger partial charge in [0.15, 0.2) is 0 Å². The van der Waals surface area contributed by atoms with E-state index in [1.807, 2.05) is 12.1 Å². The van der Waals surface area contributed by atoms with Gasteiger partial charge in [-0.1, -0.05) is 30.2 Å². The lowest BCUT2D eigenvalue weighted by molar-refractivity contribution is 0.115. The Bertz CT molecular complexity index is 382. The van der Waals surface area contributed by atoms with Crippen LogP contribution < -0.4 is 5.73 Å². The molecule has 1 saturated heterocycles. The van der Waals surface area contributed by atoms with E-state index in [1.54, 1.807) is 7.11 Å². The van der Waals surface area contributed by atoms with Crippen LogP contribution in [-0.4, -0.2) is 37.7 Å². The topological polar surface area (TPSA) is 38.5 Å². The average molecular weight is 283 g/mol. The van der Waals surface area contributed by atoms with Crippen molar-refractivity contribution < 1.29 is 4.74 Å². The van der Waals surface area contributed by atoms with Crippen molar-refractivity contribution in [2.45, 2.75) is 31.3 Å². The summed E-state index contributed by atoms with van der Waals surface area (Å²) in [4.78, 5) is 2.45. The first-order valence-electron chi connectivity index (χ1n) is 6.96. The maximum absolute atomic E-state index is 6.40. The molecule has 19 heavy (non-hydrogen) atoms. The standard InChI is InChI=1S/C15H23ClN2O/c1-19-11-10-18-9-3-2-4-14(17)15(18)12-5-7-13(16)8-6-12/h5-8,14-15H,2-4,9-11,17H2,1H3. The van der Waals surface area contributed by atoms with Crippen LogP contribution >= 0.6 is 11.6 Å². The molecule has 3 nitrogen and oxygen atoms in total. The van der Waals surface area contributed by atoms with Crippen molar-refractivity contribution in [1.29, 1.82) is 0 Å². The van der Waals surface area contributed by atoms with Gasteiger partial charge in [-0.25, -0.2) is 0 Å². The van der Waals surface area contributed by atoms with Gasteiger partial charge in [0.25, 0.3) is 0 Å². The predicted molar refractivity (Wildman–Crippen MR) is 79.5 cm³/mol. The minimum atomic E-state index is 0.181. The van der Waals surface area contributed by atoms with Crippen molar-refractivity contribution in [1.82, 2.24) is 4.90 Å². The van der Waals surface area contributed by atoms with Crippen LogP contribution in [0.3, 0.4) is 0 Å². The van der Waals surface area contributed by atoms with E-state index >= 15 is 0 Å². The number of halogens is 1. The Labute approximate surface area is 120 Å². The number of hydrogen-bond donors (Lipinski definition) is 1. The molecule has 2 unspecified atom stereocenters. The van der Waals surface area contributed by atoms with Crippen LogP contribution in [0.25, 0.3) is 0 Å². The molecule has 1 aromatic rings. The largest absolute Gasteiger partial charge is 0.383 e. The van der Waals surface area contributed by atoms with Gasteiger partial charge in [-0.2, -0.15) is 0 Å². The molecule has 106 valence electrons. The maximum Gasteiger partial charge on any atom is 0.0589 e. The Morgan fingerprint density at radius 2 is 2.05 bits per heavy atom.